The molecule has 1 amide bonds. The molecular weight excluding hydrogens is 452 g/mol. The summed E-state index contributed by atoms with van der Waals surface area (Å²) in [5.74, 6) is -0.451. The molecular formula is C19H14BrClN2O3S. The normalized spacial score (nSPS) is 11.0. The second-order valence-corrected chi connectivity index (χ2v) is 8.55. The molecule has 2 N–H and O–H groups in total. The summed E-state index contributed by atoms with van der Waals surface area (Å²) in [7, 11) is -3.79. The van der Waals surface area contributed by atoms with Crippen molar-refractivity contribution >= 4 is 54.8 Å². The van der Waals surface area contributed by atoms with Crippen LogP contribution in [0.15, 0.2) is 82.2 Å². The monoisotopic (exact) mass is 464 g/mol. The molecule has 0 aliphatic rings. The summed E-state index contributed by atoms with van der Waals surface area (Å²) in [6, 6.07) is 19.4. The maximum absolute atomic E-state index is 12.6. The molecule has 8 heteroatoms. The number of rotatable bonds is 5. The molecule has 0 saturated heterocycles. The van der Waals surface area contributed by atoms with E-state index in [4.69, 9.17) is 11.6 Å². The van der Waals surface area contributed by atoms with E-state index in [0.717, 1.165) is 0 Å². The first kappa shape index (κ1) is 19.4. The second kappa shape index (κ2) is 8.12. The average Bonchev–Trinajstić information content (AvgIpc) is 2.66. The highest BCUT2D eigenvalue weighted by atomic mass is 79.9. The number of hydrogen-bond donors (Lipinski definition) is 2. The number of nitrogens with one attached hydrogen (secondary N) is 2. The van der Waals surface area contributed by atoms with Crippen LogP contribution in [0.1, 0.15) is 10.4 Å². The van der Waals surface area contributed by atoms with Crippen LogP contribution in [0.5, 0.6) is 0 Å². The van der Waals surface area contributed by atoms with Gasteiger partial charge in [0.05, 0.1) is 26.9 Å². The van der Waals surface area contributed by atoms with Crippen LogP contribution in [0.4, 0.5) is 11.4 Å². The maximum Gasteiger partial charge on any atom is 0.261 e. The third-order valence-electron chi connectivity index (χ3n) is 3.65. The minimum Gasteiger partial charge on any atom is -0.320 e. The zero-order chi connectivity index (χ0) is 19.4. The van der Waals surface area contributed by atoms with Gasteiger partial charge in [0.1, 0.15) is 0 Å². The van der Waals surface area contributed by atoms with E-state index in [-0.39, 0.29) is 21.2 Å². The Labute approximate surface area is 170 Å². The van der Waals surface area contributed by atoms with Crippen molar-refractivity contribution in [2.45, 2.75) is 4.90 Å². The van der Waals surface area contributed by atoms with Crippen molar-refractivity contribution in [3.05, 3.63) is 87.9 Å². The zero-order valence-corrected chi connectivity index (χ0v) is 17.0. The zero-order valence-electron chi connectivity index (χ0n) is 13.8. The van der Waals surface area contributed by atoms with Gasteiger partial charge < -0.3 is 5.32 Å². The molecule has 0 unspecified atom stereocenters. The molecule has 3 aromatic rings. The van der Waals surface area contributed by atoms with E-state index in [1.54, 1.807) is 60.7 Å². The number of halogens is 2. The summed E-state index contributed by atoms with van der Waals surface area (Å²) < 4.78 is 28.3. The molecule has 27 heavy (non-hydrogen) atoms. The lowest BCUT2D eigenvalue weighted by Crippen LogP contribution is -2.17. The number of para-hydroxylation sites is 2. The van der Waals surface area contributed by atoms with Gasteiger partial charge in [-0.15, -0.1) is 0 Å². The molecule has 138 valence electrons. The standard InChI is InChI=1S/C19H14BrClN2O3S/c20-13-10-11-16(21)15(12-13)19(24)22-17-8-4-5-9-18(17)23-27(25,26)14-6-2-1-3-7-14/h1-12,23H,(H,22,24). The van der Waals surface area contributed by atoms with E-state index >= 15 is 0 Å². The Balaban J connectivity index is 1.88. The van der Waals surface area contributed by atoms with E-state index in [1.807, 2.05) is 0 Å². The molecule has 0 aromatic heterocycles. The highest BCUT2D eigenvalue weighted by Gasteiger charge is 2.17. The van der Waals surface area contributed by atoms with Crippen LogP contribution in [0.25, 0.3) is 0 Å². The smallest absolute Gasteiger partial charge is 0.261 e. The summed E-state index contributed by atoms with van der Waals surface area (Å²) in [5.41, 5.74) is 0.839. The molecule has 0 saturated carbocycles. The summed E-state index contributed by atoms with van der Waals surface area (Å²) in [6.07, 6.45) is 0. The van der Waals surface area contributed by atoms with Crippen LogP contribution in [0.3, 0.4) is 0 Å². The SMILES string of the molecule is O=C(Nc1ccccc1NS(=O)(=O)c1ccccc1)c1cc(Br)ccc1Cl. The fourth-order valence-corrected chi connectivity index (χ4v) is 4.01. The molecule has 0 heterocycles. The lowest BCUT2D eigenvalue weighted by atomic mass is 10.2. The molecule has 0 atom stereocenters. The summed E-state index contributed by atoms with van der Waals surface area (Å²) in [5, 5.41) is 2.99. The Morgan fingerprint density at radius 3 is 2.22 bits per heavy atom. The van der Waals surface area contributed by atoms with Gasteiger partial charge in [-0.05, 0) is 42.5 Å². The van der Waals surface area contributed by atoms with Crippen LogP contribution in [0, 0.1) is 0 Å². The van der Waals surface area contributed by atoms with Gasteiger partial charge in [-0.3, -0.25) is 9.52 Å². The van der Waals surface area contributed by atoms with Gasteiger partial charge in [-0.1, -0.05) is 57.9 Å². The van der Waals surface area contributed by atoms with Crippen molar-refractivity contribution in [1.29, 1.82) is 0 Å². The van der Waals surface area contributed by atoms with Crippen molar-refractivity contribution in [2.24, 2.45) is 0 Å². The van der Waals surface area contributed by atoms with Crippen LogP contribution in [-0.2, 0) is 10.0 Å². The van der Waals surface area contributed by atoms with Gasteiger partial charge in [-0.25, -0.2) is 8.42 Å². The fraction of sp³-hybridized carbons (Fsp3) is 0. The number of sulfonamides is 1. The van der Waals surface area contributed by atoms with Crippen molar-refractivity contribution < 1.29 is 13.2 Å². The Morgan fingerprint density at radius 1 is 0.889 bits per heavy atom. The maximum atomic E-state index is 12.6. The quantitative estimate of drug-likeness (QED) is 0.547. The minimum atomic E-state index is -3.79. The second-order valence-electron chi connectivity index (χ2n) is 5.54. The Kier molecular flexibility index (Phi) is 5.84. The molecule has 0 spiro atoms. The van der Waals surface area contributed by atoms with Crippen molar-refractivity contribution in [2.75, 3.05) is 10.0 Å². The molecule has 0 aliphatic heterocycles. The van der Waals surface area contributed by atoms with Crippen molar-refractivity contribution in [3.8, 4) is 0 Å². The van der Waals surface area contributed by atoms with E-state index in [9.17, 15) is 13.2 Å². The molecule has 3 aromatic carbocycles. The first-order valence-corrected chi connectivity index (χ1v) is 10.5. The third-order valence-corrected chi connectivity index (χ3v) is 5.85. The molecule has 5 nitrogen and oxygen atoms in total. The number of benzene rings is 3. The molecule has 0 bridgehead atoms. The van der Waals surface area contributed by atoms with Crippen LogP contribution < -0.4 is 10.0 Å². The first-order chi connectivity index (χ1) is 12.9. The van der Waals surface area contributed by atoms with Gasteiger partial charge in [0.2, 0.25) is 0 Å². The van der Waals surface area contributed by atoms with E-state index in [1.165, 1.54) is 12.1 Å². The summed E-state index contributed by atoms with van der Waals surface area (Å²) in [4.78, 5) is 12.7. The molecule has 0 aliphatic carbocycles. The Bertz CT molecular complexity index is 1090. The summed E-state index contributed by atoms with van der Waals surface area (Å²) in [6.45, 7) is 0. The molecule has 3 rings (SSSR count). The van der Waals surface area contributed by atoms with Crippen LogP contribution in [-0.4, -0.2) is 14.3 Å². The van der Waals surface area contributed by atoms with Crippen molar-refractivity contribution in [3.63, 3.8) is 0 Å². The minimum absolute atomic E-state index is 0.126. The van der Waals surface area contributed by atoms with E-state index in [2.05, 4.69) is 26.0 Å². The third kappa shape index (κ3) is 4.68. The molecule has 0 fully saturated rings. The fourth-order valence-electron chi connectivity index (χ4n) is 2.35. The van der Waals surface area contributed by atoms with Gasteiger partial charge in [0.25, 0.3) is 15.9 Å². The van der Waals surface area contributed by atoms with Crippen molar-refractivity contribution in [1.82, 2.24) is 0 Å². The van der Waals surface area contributed by atoms with Crippen LogP contribution >= 0.6 is 27.5 Å². The number of carbonyl (C=O) groups excluding carboxylic acids is 1. The topological polar surface area (TPSA) is 75.3 Å². The number of anilines is 2. The van der Waals surface area contributed by atoms with Gasteiger partial charge in [-0.2, -0.15) is 0 Å². The lowest BCUT2D eigenvalue weighted by Gasteiger charge is -2.14. The largest absolute Gasteiger partial charge is 0.320 e. The Hall–Kier alpha value is -2.35. The first-order valence-electron chi connectivity index (χ1n) is 7.80. The molecule has 0 radical (unpaired) electrons. The summed E-state index contributed by atoms with van der Waals surface area (Å²) >= 11 is 9.39. The van der Waals surface area contributed by atoms with E-state index in [0.29, 0.717) is 10.2 Å². The highest BCUT2D eigenvalue weighted by Crippen LogP contribution is 2.27. The average molecular weight is 466 g/mol. The lowest BCUT2D eigenvalue weighted by molar-refractivity contribution is 0.102. The highest BCUT2D eigenvalue weighted by molar-refractivity contribution is 9.10. The van der Waals surface area contributed by atoms with Gasteiger partial charge >= 0.3 is 0 Å². The predicted octanol–water partition coefficient (Wildman–Crippen LogP) is 5.16. The Morgan fingerprint density at radius 2 is 1.52 bits per heavy atom. The van der Waals surface area contributed by atoms with Gasteiger partial charge in [0, 0.05) is 4.47 Å². The van der Waals surface area contributed by atoms with Gasteiger partial charge in [0.15, 0.2) is 0 Å². The van der Waals surface area contributed by atoms with E-state index < -0.39 is 15.9 Å². The predicted molar refractivity (Wildman–Crippen MR) is 111 cm³/mol. The number of carbonyl (C=O) groups is 1. The number of hydrogen-bond acceptors (Lipinski definition) is 3. The number of amides is 1. The van der Waals surface area contributed by atoms with Crippen LogP contribution in [0.2, 0.25) is 5.02 Å².